The summed E-state index contributed by atoms with van der Waals surface area (Å²) in [5.74, 6) is 1.83. The van der Waals surface area contributed by atoms with Gasteiger partial charge in [-0.05, 0) is 52.9 Å². The highest BCUT2D eigenvalue weighted by molar-refractivity contribution is 6.15. The largest absolute Gasteiger partial charge is 0.456 e. The molecule has 0 amide bonds. The lowest BCUT2D eigenvalue weighted by atomic mass is 9.94. The monoisotopic (exact) mass is 591 g/mol. The SMILES string of the molecule is C/C=C\c1ccccc1-c1ccc(-c2nc(-c3ccccc3)nc(-c3c(-c4ccccc4)ccc4oc5ccccc5c34)n2)cc1. The van der Waals surface area contributed by atoms with Crippen molar-refractivity contribution in [3.05, 3.63) is 157 Å². The van der Waals surface area contributed by atoms with Gasteiger partial charge in [0.25, 0.3) is 0 Å². The van der Waals surface area contributed by atoms with Crippen molar-refractivity contribution in [2.75, 3.05) is 0 Å². The van der Waals surface area contributed by atoms with Gasteiger partial charge in [0, 0.05) is 27.5 Å². The van der Waals surface area contributed by atoms with E-state index < -0.39 is 0 Å². The quantitative estimate of drug-likeness (QED) is 0.193. The van der Waals surface area contributed by atoms with E-state index in [0.29, 0.717) is 17.5 Å². The molecule has 0 bridgehead atoms. The van der Waals surface area contributed by atoms with Gasteiger partial charge in [0.15, 0.2) is 17.5 Å². The number of hydrogen-bond acceptors (Lipinski definition) is 4. The predicted molar refractivity (Wildman–Crippen MR) is 189 cm³/mol. The second kappa shape index (κ2) is 11.8. The molecule has 2 aromatic heterocycles. The van der Waals surface area contributed by atoms with Gasteiger partial charge < -0.3 is 4.42 Å². The van der Waals surface area contributed by atoms with Crippen LogP contribution in [-0.4, -0.2) is 15.0 Å². The lowest BCUT2D eigenvalue weighted by molar-refractivity contribution is 0.669. The summed E-state index contributed by atoms with van der Waals surface area (Å²) >= 11 is 0. The van der Waals surface area contributed by atoms with Gasteiger partial charge in [-0.1, -0.05) is 140 Å². The van der Waals surface area contributed by atoms with Crippen LogP contribution in [0.4, 0.5) is 0 Å². The number of para-hydroxylation sites is 1. The van der Waals surface area contributed by atoms with Gasteiger partial charge in [0.05, 0.1) is 0 Å². The Kier molecular flexibility index (Phi) is 7.01. The molecule has 0 N–H and O–H groups in total. The summed E-state index contributed by atoms with van der Waals surface area (Å²) < 4.78 is 6.34. The molecule has 6 aromatic carbocycles. The minimum atomic E-state index is 0.599. The average molecular weight is 592 g/mol. The van der Waals surface area contributed by atoms with Crippen molar-refractivity contribution in [3.63, 3.8) is 0 Å². The van der Waals surface area contributed by atoms with E-state index in [1.807, 2.05) is 67.6 Å². The highest BCUT2D eigenvalue weighted by Gasteiger charge is 2.22. The van der Waals surface area contributed by atoms with Crippen molar-refractivity contribution >= 4 is 28.0 Å². The Balaban J connectivity index is 1.37. The van der Waals surface area contributed by atoms with E-state index in [-0.39, 0.29) is 0 Å². The fraction of sp³-hybridized carbons (Fsp3) is 0.0238. The number of fused-ring (bicyclic) bond motifs is 3. The highest BCUT2D eigenvalue weighted by atomic mass is 16.3. The van der Waals surface area contributed by atoms with Crippen LogP contribution in [0.5, 0.6) is 0 Å². The lowest BCUT2D eigenvalue weighted by Gasteiger charge is -2.14. The minimum absolute atomic E-state index is 0.599. The first-order valence-electron chi connectivity index (χ1n) is 15.4. The van der Waals surface area contributed by atoms with Crippen LogP contribution in [0.2, 0.25) is 0 Å². The first-order chi connectivity index (χ1) is 22.8. The van der Waals surface area contributed by atoms with Crippen molar-refractivity contribution in [1.29, 1.82) is 0 Å². The van der Waals surface area contributed by atoms with Crippen LogP contribution in [0.15, 0.2) is 156 Å². The average Bonchev–Trinajstić information content (AvgIpc) is 3.51. The molecule has 0 unspecified atom stereocenters. The molecule has 8 rings (SSSR count). The summed E-state index contributed by atoms with van der Waals surface area (Å²) in [6.45, 7) is 2.04. The summed E-state index contributed by atoms with van der Waals surface area (Å²) in [6.07, 6.45) is 4.20. The molecule has 0 atom stereocenters. The molecular formula is C42H29N3O. The summed E-state index contributed by atoms with van der Waals surface area (Å²) in [4.78, 5) is 15.4. The molecule has 4 heteroatoms. The second-order valence-electron chi connectivity index (χ2n) is 11.2. The van der Waals surface area contributed by atoms with Gasteiger partial charge >= 0.3 is 0 Å². The van der Waals surface area contributed by atoms with Gasteiger partial charge in [-0.25, -0.2) is 15.0 Å². The molecule has 8 aromatic rings. The number of benzene rings is 6. The Morgan fingerprint density at radius 3 is 1.76 bits per heavy atom. The van der Waals surface area contributed by atoms with Crippen molar-refractivity contribution in [2.45, 2.75) is 6.92 Å². The summed E-state index contributed by atoms with van der Waals surface area (Å²) in [5, 5.41) is 2.02. The van der Waals surface area contributed by atoms with Crippen molar-refractivity contribution in [2.24, 2.45) is 0 Å². The van der Waals surface area contributed by atoms with Gasteiger partial charge in [0.2, 0.25) is 0 Å². The number of furan rings is 1. The van der Waals surface area contributed by atoms with Crippen molar-refractivity contribution < 1.29 is 4.42 Å². The topological polar surface area (TPSA) is 51.8 Å². The molecule has 2 heterocycles. The van der Waals surface area contributed by atoms with E-state index in [0.717, 1.165) is 55.3 Å². The summed E-state index contributed by atoms with van der Waals surface area (Å²) in [6, 6.07) is 49.7. The maximum absolute atomic E-state index is 6.34. The van der Waals surface area contributed by atoms with Crippen LogP contribution < -0.4 is 0 Å². The molecule has 0 aliphatic rings. The maximum atomic E-state index is 6.34. The van der Waals surface area contributed by atoms with Gasteiger partial charge in [-0.15, -0.1) is 0 Å². The Labute approximate surface area is 267 Å². The van der Waals surface area contributed by atoms with E-state index in [1.165, 1.54) is 11.1 Å². The molecule has 0 aliphatic heterocycles. The summed E-state index contributed by atoms with van der Waals surface area (Å²) in [7, 11) is 0. The molecule has 218 valence electrons. The Bertz CT molecular complexity index is 2360. The third-order valence-corrected chi connectivity index (χ3v) is 8.28. The molecule has 4 nitrogen and oxygen atoms in total. The normalized spacial score (nSPS) is 11.5. The minimum Gasteiger partial charge on any atom is -0.456 e. The second-order valence-corrected chi connectivity index (χ2v) is 11.2. The lowest BCUT2D eigenvalue weighted by Crippen LogP contribution is -2.01. The fourth-order valence-corrected chi connectivity index (χ4v) is 6.12. The third kappa shape index (κ3) is 4.96. The Morgan fingerprint density at radius 1 is 0.457 bits per heavy atom. The number of nitrogens with zero attached hydrogens (tertiary/aromatic N) is 3. The van der Waals surface area contributed by atoms with Gasteiger partial charge in [-0.3, -0.25) is 0 Å². The van der Waals surface area contributed by atoms with E-state index in [1.54, 1.807) is 0 Å². The maximum Gasteiger partial charge on any atom is 0.165 e. The van der Waals surface area contributed by atoms with Crippen LogP contribution in [0.3, 0.4) is 0 Å². The highest BCUT2D eigenvalue weighted by Crippen LogP contribution is 2.42. The van der Waals surface area contributed by atoms with E-state index in [2.05, 4.69) is 97.1 Å². The summed E-state index contributed by atoms with van der Waals surface area (Å²) in [5.41, 5.74) is 10.00. The zero-order chi connectivity index (χ0) is 30.9. The van der Waals surface area contributed by atoms with Crippen LogP contribution in [0.1, 0.15) is 12.5 Å². The van der Waals surface area contributed by atoms with E-state index in [9.17, 15) is 0 Å². The van der Waals surface area contributed by atoms with Crippen molar-refractivity contribution in [3.8, 4) is 56.4 Å². The first kappa shape index (κ1) is 27.4. The van der Waals surface area contributed by atoms with Crippen LogP contribution in [-0.2, 0) is 0 Å². The molecule has 0 fully saturated rings. The standard InChI is InChI=1S/C42H29N3O/c1-2-13-28-16-9-10-19-33(28)30-22-24-32(25-23-30)41-43-40(31-17-7-4-8-18-31)44-42(45-41)39-34(29-14-5-3-6-15-29)26-27-37-38(39)35-20-11-12-21-36(35)46-37/h2-27H,1H3/b13-2-. The molecule has 0 aliphatic carbocycles. The van der Waals surface area contributed by atoms with Gasteiger partial charge in [-0.2, -0.15) is 0 Å². The van der Waals surface area contributed by atoms with Crippen molar-refractivity contribution in [1.82, 2.24) is 15.0 Å². The van der Waals surface area contributed by atoms with Gasteiger partial charge in [0.1, 0.15) is 11.2 Å². The van der Waals surface area contributed by atoms with Crippen LogP contribution in [0.25, 0.3) is 84.4 Å². The number of hydrogen-bond donors (Lipinski definition) is 0. The third-order valence-electron chi connectivity index (χ3n) is 8.28. The molecule has 46 heavy (non-hydrogen) atoms. The van der Waals surface area contributed by atoms with Crippen LogP contribution in [0, 0.1) is 0 Å². The zero-order valence-electron chi connectivity index (χ0n) is 25.3. The smallest absolute Gasteiger partial charge is 0.165 e. The predicted octanol–water partition coefficient (Wildman–Crippen LogP) is 11.1. The molecule has 0 spiro atoms. The molecule has 0 radical (unpaired) electrons. The van der Waals surface area contributed by atoms with Crippen LogP contribution >= 0.6 is 0 Å². The molecule has 0 saturated carbocycles. The number of allylic oxidation sites excluding steroid dienone is 1. The zero-order valence-corrected chi connectivity index (χ0v) is 25.3. The first-order valence-corrected chi connectivity index (χ1v) is 15.4. The van der Waals surface area contributed by atoms with E-state index in [4.69, 9.17) is 19.4 Å². The Morgan fingerprint density at radius 2 is 1.02 bits per heavy atom. The molecule has 0 saturated heterocycles. The van der Waals surface area contributed by atoms with E-state index >= 15 is 0 Å². The molecular weight excluding hydrogens is 562 g/mol. The Hall–Kier alpha value is -6.13. The fourth-order valence-electron chi connectivity index (χ4n) is 6.12. The number of aromatic nitrogens is 3. The number of rotatable bonds is 6.